The van der Waals surface area contributed by atoms with E-state index in [0.717, 1.165) is 0 Å². The molecule has 0 fully saturated rings. The summed E-state index contributed by atoms with van der Waals surface area (Å²) in [6.45, 7) is 2.11. The first-order valence-electron chi connectivity index (χ1n) is 6.04. The van der Waals surface area contributed by atoms with Crippen molar-refractivity contribution in [2.24, 2.45) is 0 Å². The molecule has 0 aliphatic rings. The largest absolute Gasteiger partial charge is 0.136 e. The van der Waals surface area contributed by atoms with Crippen LogP contribution in [-0.4, -0.2) is 0 Å². The second kappa shape index (κ2) is 4.79. The molecule has 1 aromatic heterocycles. The maximum atomic E-state index is 2.24. The molecule has 0 nitrogen and oxygen atoms in total. The Balaban J connectivity index is 1.89. The van der Waals surface area contributed by atoms with Crippen molar-refractivity contribution in [3.8, 4) is 0 Å². The lowest BCUT2D eigenvalue weighted by molar-refractivity contribution is 1.46. The number of hydrogen-bond acceptors (Lipinski definition) is 1. The fourth-order valence-electron chi connectivity index (χ4n) is 1.94. The summed E-state index contributed by atoms with van der Waals surface area (Å²) in [6.07, 6.45) is 4.36. The average Bonchev–Trinajstić information content (AvgIpc) is 2.81. The Labute approximate surface area is 111 Å². The van der Waals surface area contributed by atoms with Crippen LogP contribution in [0.1, 0.15) is 16.0 Å². The van der Waals surface area contributed by atoms with Crippen LogP contribution in [0.25, 0.3) is 22.2 Å². The number of thiophene rings is 1. The number of rotatable bonds is 2. The zero-order chi connectivity index (χ0) is 12.4. The molecule has 0 spiro atoms. The highest BCUT2D eigenvalue weighted by atomic mass is 32.1. The molecule has 0 atom stereocenters. The summed E-state index contributed by atoms with van der Waals surface area (Å²) in [5, 5.41) is 1.33. The van der Waals surface area contributed by atoms with Gasteiger partial charge in [-0.1, -0.05) is 54.1 Å². The lowest BCUT2D eigenvalue weighted by Crippen LogP contribution is -1.72. The van der Waals surface area contributed by atoms with Gasteiger partial charge in [-0.05, 0) is 36.1 Å². The number of benzene rings is 2. The van der Waals surface area contributed by atoms with Gasteiger partial charge >= 0.3 is 0 Å². The van der Waals surface area contributed by atoms with Crippen LogP contribution in [0.2, 0.25) is 0 Å². The summed E-state index contributed by atoms with van der Waals surface area (Å²) < 4.78 is 1.35. The van der Waals surface area contributed by atoms with Crippen LogP contribution in [0.15, 0.2) is 54.6 Å². The fraction of sp³-hybridized carbons (Fsp3) is 0.0588. The Bertz CT molecular complexity index is 654. The van der Waals surface area contributed by atoms with Gasteiger partial charge in [0.15, 0.2) is 0 Å². The van der Waals surface area contributed by atoms with Crippen molar-refractivity contribution in [2.45, 2.75) is 6.92 Å². The molecule has 3 rings (SSSR count). The minimum absolute atomic E-state index is 1.25. The summed E-state index contributed by atoms with van der Waals surface area (Å²) >= 11 is 1.83. The maximum absolute atomic E-state index is 2.24. The SMILES string of the molecule is Cc1ccc(/C=C\c2cc3ccccc3s2)cc1. The Morgan fingerprint density at radius 2 is 1.67 bits per heavy atom. The van der Waals surface area contributed by atoms with Crippen LogP contribution in [0.3, 0.4) is 0 Å². The first kappa shape index (κ1) is 11.2. The third-order valence-electron chi connectivity index (χ3n) is 2.96. The molecule has 2 aromatic carbocycles. The van der Waals surface area contributed by atoms with Crippen LogP contribution >= 0.6 is 11.3 Å². The molecule has 0 bridgehead atoms. The van der Waals surface area contributed by atoms with Gasteiger partial charge in [-0.25, -0.2) is 0 Å². The third-order valence-corrected chi connectivity index (χ3v) is 4.04. The lowest BCUT2D eigenvalue weighted by atomic mass is 10.1. The Morgan fingerprint density at radius 1 is 0.889 bits per heavy atom. The second-order valence-corrected chi connectivity index (χ2v) is 5.55. The monoisotopic (exact) mass is 250 g/mol. The van der Waals surface area contributed by atoms with Gasteiger partial charge in [0, 0.05) is 9.58 Å². The zero-order valence-electron chi connectivity index (χ0n) is 10.3. The first-order valence-corrected chi connectivity index (χ1v) is 6.86. The normalized spacial score (nSPS) is 11.4. The van der Waals surface area contributed by atoms with Gasteiger partial charge in [-0.15, -0.1) is 11.3 Å². The molecule has 0 unspecified atom stereocenters. The van der Waals surface area contributed by atoms with Gasteiger partial charge in [-0.2, -0.15) is 0 Å². The highest BCUT2D eigenvalue weighted by molar-refractivity contribution is 7.19. The second-order valence-electron chi connectivity index (χ2n) is 4.43. The van der Waals surface area contributed by atoms with E-state index in [4.69, 9.17) is 0 Å². The van der Waals surface area contributed by atoms with Crippen molar-refractivity contribution < 1.29 is 0 Å². The minimum Gasteiger partial charge on any atom is -0.136 e. The Hall–Kier alpha value is -1.86. The van der Waals surface area contributed by atoms with Gasteiger partial charge in [-0.3, -0.25) is 0 Å². The predicted octanol–water partition coefficient (Wildman–Crippen LogP) is 5.38. The standard InChI is InChI=1S/C17H14S/c1-13-6-8-14(9-7-13)10-11-16-12-15-4-2-3-5-17(15)18-16/h2-12H,1H3/b11-10-. The van der Waals surface area contributed by atoms with E-state index in [-0.39, 0.29) is 0 Å². The molecule has 0 saturated carbocycles. The highest BCUT2D eigenvalue weighted by Gasteiger charge is 1.97. The maximum Gasteiger partial charge on any atom is 0.0349 e. The Morgan fingerprint density at radius 3 is 2.44 bits per heavy atom. The number of aryl methyl sites for hydroxylation is 1. The molecule has 0 aliphatic carbocycles. The molecule has 0 aliphatic heterocycles. The average molecular weight is 250 g/mol. The van der Waals surface area contributed by atoms with E-state index in [2.05, 4.69) is 73.7 Å². The van der Waals surface area contributed by atoms with Gasteiger partial charge in [0.1, 0.15) is 0 Å². The van der Waals surface area contributed by atoms with E-state index >= 15 is 0 Å². The minimum atomic E-state index is 1.25. The van der Waals surface area contributed by atoms with Crippen molar-refractivity contribution in [3.63, 3.8) is 0 Å². The van der Waals surface area contributed by atoms with Crippen molar-refractivity contribution in [2.75, 3.05) is 0 Å². The summed E-state index contributed by atoms with van der Waals surface area (Å²) in [5.74, 6) is 0. The van der Waals surface area contributed by atoms with E-state index in [1.165, 1.54) is 26.1 Å². The molecule has 3 aromatic rings. The van der Waals surface area contributed by atoms with E-state index < -0.39 is 0 Å². The zero-order valence-corrected chi connectivity index (χ0v) is 11.1. The smallest absolute Gasteiger partial charge is 0.0349 e. The molecule has 0 radical (unpaired) electrons. The van der Waals surface area contributed by atoms with Gasteiger partial charge in [0.25, 0.3) is 0 Å². The molecule has 88 valence electrons. The molecule has 1 heteroatoms. The molecule has 1 heterocycles. The van der Waals surface area contributed by atoms with E-state index in [1.807, 2.05) is 11.3 Å². The van der Waals surface area contributed by atoms with Crippen molar-refractivity contribution >= 4 is 33.6 Å². The third kappa shape index (κ3) is 2.36. The lowest BCUT2D eigenvalue weighted by Gasteiger charge is -1.93. The van der Waals surface area contributed by atoms with Gasteiger partial charge < -0.3 is 0 Å². The van der Waals surface area contributed by atoms with E-state index in [0.29, 0.717) is 0 Å². The fourth-order valence-corrected chi connectivity index (χ4v) is 2.91. The summed E-state index contributed by atoms with van der Waals surface area (Å²) in [6, 6.07) is 19.3. The van der Waals surface area contributed by atoms with Crippen molar-refractivity contribution in [1.82, 2.24) is 0 Å². The summed E-state index contributed by atoms with van der Waals surface area (Å²) in [5.41, 5.74) is 2.55. The number of hydrogen-bond donors (Lipinski definition) is 0. The van der Waals surface area contributed by atoms with Crippen molar-refractivity contribution in [3.05, 3.63) is 70.6 Å². The predicted molar refractivity (Wildman–Crippen MR) is 81.9 cm³/mol. The summed E-state index contributed by atoms with van der Waals surface area (Å²) in [7, 11) is 0. The molecule has 0 saturated heterocycles. The van der Waals surface area contributed by atoms with Crippen molar-refractivity contribution in [1.29, 1.82) is 0 Å². The number of fused-ring (bicyclic) bond motifs is 1. The van der Waals surface area contributed by atoms with Crippen LogP contribution in [0, 0.1) is 6.92 Å². The van der Waals surface area contributed by atoms with Crippen LogP contribution in [0.4, 0.5) is 0 Å². The van der Waals surface area contributed by atoms with E-state index in [1.54, 1.807) is 0 Å². The summed E-state index contributed by atoms with van der Waals surface area (Å²) in [4.78, 5) is 1.30. The van der Waals surface area contributed by atoms with Crippen LogP contribution in [0.5, 0.6) is 0 Å². The van der Waals surface area contributed by atoms with Crippen LogP contribution in [-0.2, 0) is 0 Å². The quantitative estimate of drug-likeness (QED) is 0.572. The molecule has 0 amide bonds. The molecule has 18 heavy (non-hydrogen) atoms. The highest BCUT2D eigenvalue weighted by Crippen LogP contribution is 2.26. The van der Waals surface area contributed by atoms with Gasteiger partial charge in [0.2, 0.25) is 0 Å². The molecular weight excluding hydrogens is 236 g/mol. The topological polar surface area (TPSA) is 0 Å². The molecular formula is C17H14S. The molecule has 0 N–H and O–H groups in total. The van der Waals surface area contributed by atoms with Crippen LogP contribution < -0.4 is 0 Å². The first-order chi connectivity index (χ1) is 8.81. The van der Waals surface area contributed by atoms with Gasteiger partial charge in [0.05, 0.1) is 0 Å². The van der Waals surface area contributed by atoms with E-state index in [9.17, 15) is 0 Å². The Kier molecular flexibility index (Phi) is 2.99.